The zero-order chi connectivity index (χ0) is 17.2. The number of aliphatic hydroxyl groups is 1. The van der Waals surface area contributed by atoms with Gasteiger partial charge in [-0.25, -0.2) is 0 Å². The van der Waals surface area contributed by atoms with Crippen LogP contribution in [-0.2, 0) is 24.3 Å². The van der Waals surface area contributed by atoms with Gasteiger partial charge in [-0.2, -0.15) is 5.10 Å². The van der Waals surface area contributed by atoms with E-state index in [2.05, 4.69) is 16.5 Å². The monoisotopic (exact) mass is 341 g/mol. The minimum Gasteiger partial charge on any atom is -0.391 e. The first-order valence-electron chi connectivity index (χ1n) is 8.85. The first-order chi connectivity index (χ1) is 12.2. The van der Waals surface area contributed by atoms with E-state index in [-0.39, 0.29) is 11.9 Å². The molecule has 1 amide bonds. The third-order valence-electron chi connectivity index (χ3n) is 5.23. The van der Waals surface area contributed by atoms with Crippen molar-refractivity contribution in [1.29, 1.82) is 0 Å². The van der Waals surface area contributed by atoms with Crippen molar-refractivity contribution in [3.05, 3.63) is 53.3 Å². The second-order valence-electron chi connectivity index (χ2n) is 6.96. The van der Waals surface area contributed by atoms with Crippen LogP contribution in [0.5, 0.6) is 0 Å². The van der Waals surface area contributed by atoms with Gasteiger partial charge in [0, 0.05) is 24.5 Å². The lowest BCUT2D eigenvalue weighted by molar-refractivity contribution is 0.0854. The number of rotatable bonds is 4. The quantitative estimate of drug-likeness (QED) is 0.884. The molecule has 1 aromatic carbocycles. The van der Waals surface area contributed by atoms with Crippen molar-refractivity contribution in [3.8, 4) is 0 Å². The molecule has 1 aliphatic heterocycles. The van der Waals surface area contributed by atoms with Gasteiger partial charge in [-0.3, -0.25) is 9.48 Å². The van der Waals surface area contributed by atoms with Gasteiger partial charge in [0.15, 0.2) is 0 Å². The summed E-state index contributed by atoms with van der Waals surface area (Å²) in [6.45, 7) is 1.95. The average Bonchev–Trinajstić information content (AvgIpc) is 3.25. The van der Waals surface area contributed by atoms with Crippen molar-refractivity contribution in [2.75, 3.05) is 6.61 Å². The van der Waals surface area contributed by atoms with E-state index in [0.29, 0.717) is 31.1 Å². The van der Waals surface area contributed by atoms with Gasteiger partial charge in [0.25, 0.3) is 5.91 Å². The number of carbonyl (C=O) groups excluding carboxylic acids is 1. The Hall–Kier alpha value is -2.18. The lowest BCUT2D eigenvalue weighted by Gasteiger charge is -2.21. The second kappa shape index (κ2) is 6.98. The minimum absolute atomic E-state index is 0.119. The number of ether oxygens (including phenoxy) is 1. The summed E-state index contributed by atoms with van der Waals surface area (Å²) in [5, 5.41) is 17.6. The van der Waals surface area contributed by atoms with Gasteiger partial charge in [-0.15, -0.1) is 0 Å². The highest BCUT2D eigenvalue weighted by molar-refractivity contribution is 5.96. The first kappa shape index (κ1) is 16.3. The smallest absolute Gasteiger partial charge is 0.251 e. The van der Waals surface area contributed by atoms with Crippen molar-refractivity contribution in [1.82, 2.24) is 15.1 Å². The predicted molar refractivity (Wildman–Crippen MR) is 92.0 cm³/mol. The summed E-state index contributed by atoms with van der Waals surface area (Å²) < 4.78 is 7.40. The van der Waals surface area contributed by atoms with Gasteiger partial charge in [0.05, 0.1) is 25.4 Å². The molecule has 4 rings (SSSR count). The number of fused-ring (bicyclic) bond motifs is 1. The number of aromatic nitrogens is 2. The molecule has 6 heteroatoms. The number of nitrogens with zero attached hydrogens (tertiary/aromatic N) is 2. The molecular formula is C19H23N3O3. The maximum absolute atomic E-state index is 12.7. The lowest BCUT2D eigenvalue weighted by atomic mass is 9.97. The van der Waals surface area contributed by atoms with Crippen LogP contribution in [0.15, 0.2) is 36.7 Å². The molecule has 0 spiro atoms. The molecule has 1 saturated carbocycles. The highest BCUT2D eigenvalue weighted by Crippen LogP contribution is 2.28. The van der Waals surface area contributed by atoms with Crippen LogP contribution in [-0.4, -0.2) is 39.5 Å². The fourth-order valence-electron chi connectivity index (χ4n) is 3.95. The molecule has 25 heavy (non-hydrogen) atoms. The molecule has 2 heterocycles. The van der Waals surface area contributed by atoms with Gasteiger partial charge in [-0.05, 0) is 48.4 Å². The molecule has 2 aliphatic rings. The summed E-state index contributed by atoms with van der Waals surface area (Å²) >= 11 is 0. The Morgan fingerprint density at radius 3 is 3.12 bits per heavy atom. The standard InChI is InChI=1S/C19H23N3O3/c23-18-10-13(11-22-7-2-6-20-22)9-17(18)21-19(24)15-4-1-3-14-5-8-25-12-16(14)15/h1-4,6-7,13,17-18,23H,5,8-12H2,(H,21,24)/t13?,17-,18-/m1/s1. The topological polar surface area (TPSA) is 76.4 Å². The highest BCUT2D eigenvalue weighted by Gasteiger charge is 2.34. The van der Waals surface area contributed by atoms with E-state index < -0.39 is 6.10 Å². The molecule has 0 bridgehead atoms. The Balaban J connectivity index is 1.43. The first-order valence-corrected chi connectivity index (χ1v) is 8.85. The SMILES string of the molecule is O=C(N[C@@H]1CC(Cn2cccn2)C[C@H]1O)c1cccc2c1COCC2. The van der Waals surface area contributed by atoms with E-state index in [0.717, 1.165) is 24.9 Å². The van der Waals surface area contributed by atoms with Crippen LogP contribution < -0.4 is 5.32 Å². The second-order valence-corrected chi connectivity index (χ2v) is 6.96. The zero-order valence-corrected chi connectivity index (χ0v) is 14.1. The van der Waals surface area contributed by atoms with Gasteiger partial charge in [-0.1, -0.05) is 12.1 Å². The van der Waals surface area contributed by atoms with Crippen LogP contribution in [0.2, 0.25) is 0 Å². The number of benzene rings is 1. The summed E-state index contributed by atoms with van der Waals surface area (Å²) in [6, 6.07) is 7.49. The molecule has 1 fully saturated rings. The summed E-state index contributed by atoms with van der Waals surface area (Å²) in [7, 11) is 0. The molecule has 132 valence electrons. The lowest BCUT2D eigenvalue weighted by Crippen LogP contribution is -2.40. The largest absolute Gasteiger partial charge is 0.391 e. The van der Waals surface area contributed by atoms with Gasteiger partial charge < -0.3 is 15.2 Å². The maximum Gasteiger partial charge on any atom is 0.251 e. The number of hydrogen-bond acceptors (Lipinski definition) is 4. The Kier molecular flexibility index (Phi) is 4.55. The molecule has 0 saturated heterocycles. The third-order valence-corrected chi connectivity index (χ3v) is 5.23. The Morgan fingerprint density at radius 2 is 2.28 bits per heavy atom. The number of carbonyl (C=O) groups is 1. The van der Waals surface area contributed by atoms with Crippen molar-refractivity contribution in [3.63, 3.8) is 0 Å². The fourth-order valence-corrected chi connectivity index (χ4v) is 3.95. The van der Waals surface area contributed by atoms with Crippen molar-refractivity contribution >= 4 is 5.91 Å². The van der Waals surface area contributed by atoms with E-state index >= 15 is 0 Å². The van der Waals surface area contributed by atoms with E-state index in [1.54, 1.807) is 6.20 Å². The average molecular weight is 341 g/mol. The normalized spacial score (nSPS) is 25.6. The van der Waals surface area contributed by atoms with E-state index in [1.165, 1.54) is 5.56 Å². The van der Waals surface area contributed by atoms with Crippen LogP contribution in [0.1, 0.15) is 34.3 Å². The highest BCUT2D eigenvalue weighted by atomic mass is 16.5. The Morgan fingerprint density at radius 1 is 1.36 bits per heavy atom. The summed E-state index contributed by atoms with van der Waals surface area (Å²) in [5.41, 5.74) is 2.83. The van der Waals surface area contributed by atoms with Crippen LogP contribution in [0.25, 0.3) is 0 Å². The fraction of sp³-hybridized carbons (Fsp3) is 0.474. The number of amides is 1. The van der Waals surface area contributed by atoms with Gasteiger partial charge in [0.1, 0.15) is 0 Å². The molecule has 1 aromatic heterocycles. The van der Waals surface area contributed by atoms with E-state index in [4.69, 9.17) is 4.74 Å². The molecule has 1 aliphatic carbocycles. The van der Waals surface area contributed by atoms with Crippen molar-refractivity contribution in [2.45, 2.75) is 44.6 Å². The van der Waals surface area contributed by atoms with E-state index in [1.807, 2.05) is 29.1 Å². The Bertz CT molecular complexity index is 744. The number of hydrogen-bond donors (Lipinski definition) is 2. The molecule has 2 N–H and O–H groups in total. The third kappa shape index (κ3) is 3.45. The number of nitrogens with one attached hydrogen (secondary N) is 1. The Labute approximate surface area is 146 Å². The summed E-state index contributed by atoms with van der Waals surface area (Å²) in [5.74, 6) is 0.194. The van der Waals surface area contributed by atoms with Crippen LogP contribution in [0.3, 0.4) is 0 Å². The van der Waals surface area contributed by atoms with Crippen molar-refractivity contribution in [2.24, 2.45) is 5.92 Å². The molecule has 1 unspecified atom stereocenters. The summed E-state index contributed by atoms with van der Waals surface area (Å²) in [6.07, 6.45) is 5.45. The molecule has 6 nitrogen and oxygen atoms in total. The molecule has 2 aromatic rings. The van der Waals surface area contributed by atoms with Crippen LogP contribution in [0, 0.1) is 5.92 Å². The van der Waals surface area contributed by atoms with Gasteiger partial charge >= 0.3 is 0 Å². The zero-order valence-electron chi connectivity index (χ0n) is 14.1. The minimum atomic E-state index is -0.514. The summed E-state index contributed by atoms with van der Waals surface area (Å²) in [4.78, 5) is 12.7. The van der Waals surface area contributed by atoms with Crippen LogP contribution in [0.4, 0.5) is 0 Å². The van der Waals surface area contributed by atoms with Crippen molar-refractivity contribution < 1.29 is 14.6 Å². The molecular weight excluding hydrogens is 318 g/mol. The van der Waals surface area contributed by atoms with E-state index in [9.17, 15) is 9.90 Å². The molecule has 3 atom stereocenters. The predicted octanol–water partition coefficient (Wildman–Crippen LogP) is 1.53. The number of aliphatic hydroxyl groups excluding tert-OH is 1. The maximum atomic E-state index is 12.7. The molecule has 0 radical (unpaired) electrons. The van der Waals surface area contributed by atoms with Gasteiger partial charge in [0.2, 0.25) is 0 Å². The van der Waals surface area contributed by atoms with Crippen LogP contribution >= 0.6 is 0 Å².